The summed E-state index contributed by atoms with van der Waals surface area (Å²) in [6.07, 6.45) is -3.64. The lowest BCUT2D eigenvalue weighted by atomic mass is 10.2. The number of nitrogens with zero attached hydrogens (tertiary/aromatic N) is 2. The van der Waals surface area contributed by atoms with Crippen LogP contribution in [-0.2, 0) is 6.18 Å². The van der Waals surface area contributed by atoms with E-state index < -0.39 is 11.7 Å². The summed E-state index contributed by atoms with van der Waals surface area (Å²) < 4.78 is 37.6. The molecule has 16 heavy (non-hydrogen) atoms. The van der Waals surface area contributed by atoms with E-state index in [0.29, 0.717) is 15.5 Å². The third-order valence-electron chi connectivity index (χ3n) is 1.97. The Hall–Kier alpha value is -1.37. The molecule has 2 heterocycles. The van der Waals surface area contributed by atoms with Crippen molar-refractivity contribution < 1.29 is 13.2 Å². The number of nitrogen functional groups attached to an aromatic ring is 1. The number of hydrogen-bond acceptors (Lipinski definition) is 3. The van der Waals surface area contributed by atoms with Crippen LogP contribution in [-0.4, -0.2) is 9.97 Å². The van der Waals surface area contributed by atoms with Gasteiger partial charge in [-0.3, -0.25) is 4.98 Å². The summed E-state index contributed by atoms with van der Waals surface area (Å²) in [6.45, 7) is 0. The van der Waals surface area contributed by atoms with Crippen molar-refractivity contribution in [2.24, 2.45) is 0 Å². The van der Waals surface area contributed by atoms with Crippen LogP contribution in [0.4, 0.5) is 19.0 Å². The first kappa shape index (κ1) is 11.1. The SMILES string of the molecule is Nc1cc2cc(C(F)(F)F)cnc2c(Br)n1. The molecule has 0 aliphatic carbocycles. The molecule has 3 nitrogen and oxygen atoms in total. The van der Waals surface area contributed by atoms with E-state index in [1.54, 1.807) is 0 Å². The molecule has 0 saturated carbocycles. The molecule has 0 aliphatic rings. The smallest absolute Gasteiger partial charge is 0.384 e. The lowest BCUT2D eigenvalue weighted by Crippen LogP contribution is -2.05. The summed E-state index contributed by atoms with van der Waals surface area (Å²) in [5.41, 5.74) is 4.98. The lowest BCUT2D eigenvalue weighted by molar-refractivity contribution is -0.137. The van der Waals surface area contributed by atoms with Crippen molar-refractivity contribution >= 4 is 32.7 Å². The van der Waals surface area contributed by atoms with Gasteiger partial charge >= 0.3 is 6.18 Å². The fraction of sp³-hybridized carbons (Fsp3) is 0.111. The second kappa shape index (κ2) is 3.58. The number of nitrogens with two attached hydrogens (primary N) is 1. The zero-order valence-corrected chi connectivity index (χ0v) is 9.30. The summed E-state index contributed by atoms with van der Waals surface area (Å²) in [6, 6.07) is 2.34. The maximum absolute atomic E-state index is 12.4. The Balaban J connectivity index is 2.71. The summed E-state index contributed by atoms with van der Waals surface area (Å²) in [4.78, 5) is 7.55. The van der Waals surface area contributed by atoms with Crippen LogP contribution in [0.1, 0.15) is 5.56 Å². The van der Waals surface area contributed by atoms with Gasteiger partial charge in [0.25, 0.3) is 0 Å². The zero-order valence-electron chi connectivity index (χ0n) is 7.72. The Morgan fingerprint density at radius 1 is 1.25 bits per heavy atom. The molecule has 84 valence electrons. The number of rotatable bonds is 0. The molecule has 2 rings (SSSR count). The predicted molar refractivity (Wildman–Crippen MR) is 56.7 cm³/mol. The Bertz CT molecular complexity index is 553. The van der Waals surface area contributed by atoms with Gasteiger partial charge in [-0.1, -0.05) is 0 Å². The second-order valence-corrected chi connectivity index (χ2v) is 3.88. The molecule has 0 amide bonds. The van der Waals surface area contributed by atoms with E-state index in [1.165, 1.54) is 6.07 Å². The number of halogens is 4. The van der Waals surface area contributed by atoms with Crippen molar-refractivity contribution in [3.63, 3.8) is 0 Å². The van der Waals surface area contributed by atoms with E-state index in [4.69, 9.17) is 5.73 Å². The van der Waals surface area contributed by atoms with Gasteiger partial charge in [-0.25, -0.2) is 4.98 Å². The highest BCUT2D eigenvalue weighted by atomic mass is 79.9. The third-order valence-corrected chi connectivity index (χ3v) is 2.52. The molecule has 0 saturated heterocycles. The van der Waals surface area contributed by atoms with E-state index in [9.17, 15) is 13.2 Å². The highest BCUT2D eigenvalue weighted by Gasteiger charge is 2.31. The maximum Gasteiger partial charge on any atom is 0.417 e. The number of pyridine rings is 2. The van der Waals surface area contributed by atoms with Crippen LogP contribution in [0.2, 0.25) is 0 Å². The van der Waals surface area contributed by atoms with Gasteiger partial charge < -0.3 is 5.73 Å². The van der Waals surface area contributed by atoms with Gasteiger partial charge in [-0.2, -0.15) is 13.2 Å². The van der Waals surface area contributed by atoms with Gasteiger partial charge in [0.2, 0.25) is 0 Å². The number of fused-ring (bicyclic) bond motifs is 1. The molecule has 0 aliphatic heterocycles. The van der Waals surface area contributed by atoms with Crippen LogP contribution in [0.25, 0.3) is 10.9 Å². The molecule has 2 aromatic heterocycles. The monoisotopic (exact) mass is 291 g/mol. The van der Waals surface area contributed by atoms with Crippen LogP contribution in [0.5, 0.6) is 0 Å². The third kappa shape index (κ3) is 1.95. The largest absolute Gasteiger partial charge is 0.417 e. The second-order valence-electron chi connectivity index (χ2n) is 3.13. The molecule has 7 heteroatoms. The van der Waals surface area contributed by atoms with E-state index >= 15 is 0 Å². The highest BCUT2D eigenvalue weighted by molar-refractivity contribution is 9.10. The van der Waals surface area contributed by atoms with Crippen LogP contribution in [0, 0.1) is 0 Å². The molecule has 0 unspecified atom stereocenters. The van der Waals surface area contributed by atoms with Gasteiger partial charge in [0, 0.05) is 11.6 Å². The molecular weight excluding hydrogens is 287 g/mol. The average molecular weight is 292 g/mol. The summed E-state index contributed by atoms with van der Waals surface area (Å²) in [7, 11) is 0. The molecule has 0 atom stereocenters. The molecule has 0 aromatic carbocycles. The van der Waals surface area contributed by atoms with Gasteiger partial charge in [-0.05, 0) is 28.1 Å². The number of anilines is 1. The van der Waals surface area contributed by atoms with Crippen molar-refractivity contribution in [3.8, 4) is 0 Å². The number of aromatic nitrogens is 2. The molecule has 2 N–H and O–H groups in total. The Kier molecular flexibility index (Phi) is 2.49. The molecule has 0 fully saturated rings. The number of alkyl halides is 3. The molecular formula is C9H5BrF3N3. The van der Waals surface area contributed by atoms with Gasteiger partial charge in [-0.15, -0.1) is 0 Å². The van der Waals surface area contributed by atoms with Crippen LogP contribution >= 0.6 is 15.9 Å². The standard InChI is InChI=1S/C9H5BrF3N3/c10-8-7-4(2-6(14)16-8)1-5(3-15-7)9(11,12)13/h1-3H,(H2,14,16). The normalized spacial score (nSPS) is 12.0. The predicted octanol–water partition coefficient (Wildman–Crippen LogP) is 2.99. The van der Waals surface area contributed by atoms with Gasteiger partial charge in [0.05, 0.1) is 5.56 Å². The summed E-state index contributed by atoms with van der Waals surface area (Å²) >= 11 is 3.09. The first-order valence-corrected chi connectivity index (χ1v) is 4.96. The minimum atomic E-state index is -4.41. The van der Waals surface area contributed by atoms with E-state index in [-0.39, 0.29) is 5.82 Å². The van der Waals surface area contributed by atoms with Crippen LogP contribution in [0.3, 0.4) is 0 Å². The Morgan fingerprint density at radius 3 is 2.56 bits per heavy atom. The first-order chi connectivity index (χ1) is 7.38. The Labute approximate surface area is 96.6 Å². The van der Waals surface area contributed by atoms with Crippen molar-refractivity contribution in [3.05, 3.63) is 28.5 Å². The van der Waals surface area contributed by atoms with Crippen molar-refractivity contribution in [1.82, 2.24) is 9.97 Å². The van der Waals surface area contributed by atoms with Gasteiger partial charge in [0.1, 0.15) is 15.9 Å². The summed E-state index contributed by atoms with van der Waals surface area (Å²) in [5, 5.41) is 0.300. The van der Waals surface area contributed by atoms with E-state index in [0.717, 1.165) is 12.3 Å². The van der Waals surface area contributed by atoms with E-state index in [1.807, 2.05) is 0 Å². The Morgan fingerprint density at radius 2 is 1.94 bits per heavy atom. The number of hydrogen-bond donors (Lipinski definition) is 1. The fourth-order valence-electron chi connectivity index (χ4n) is 1.28. The topological polar surface area (TPSA) is 51.8 Å². The molecule has 2 aromatic rings. The van der Waals surface area contributed by atoms with Crippen LogP contribution in [0.15, 0.2) is 22.9 Å². The molecule has 0 bridgehead atoms. The first-order valence-electron chi connectivity index (χ1n) is 4.17. The highest BCUT2D eigenvalue weighted by Crippen LogP contribution is 2.32. The van der Waals surface area contributed by atoms with Crippen LogP contribution < -0.4 is 5.73 Å². The molecule has 0 spiro atoms. The average Bonchev–Trinajstić information content (AvgIpc) is 2.15. The van der Waals surface area contributed by atoms with Crippen molar-refractivity contribution in [1.29, 1.82) is 0 Å². The summed E-state index contributed by atoms with van der Waals surface area (Å²) in [5.74, 6) is 0.139. The maximum atomic E-state index is 12.4. The lowest BCUT2D eigenvalue weighted by Gasteiger charge is -2.07. The zero-order chi connectivity index (χ0) is 11.9. The quantitative estimate of drug-likeness (QED) is 0.759. The van der Waals surface area contributed by atoms with E-state index in [2.05, 4.69) is 25.9 Å². The van der Waals surface area contributed by atoms with Crippen molar-refractivity contribution in [2.75, 3.05) is 5.73 Å². The van der Waals surface area contributed by atoms with Crippen molar-refractivity contribution in [2.45, 2.75) is 6.18 Å². The fourth-order valence-corrected chi connectivity index (χ4v) is 1.81. The molecule has 0 radical (unpaired) electrons. The van der Waals surface area contributed by atoms with Gasteiger partial charge in [0.15, 0.2) is 0 Å². The minimum Gasteiger partial charge on any atom is -0.384 e. The minimum absolute atomic E-state index is 0.139.